The van der Waals surface area contributed by atoms with E-state index in [9.17, 15) is 15.0 Å². The van der Waals surface area contributed by atoms with Gasteiger partial charge in [-0.15, -0.1) is 11.3 Å². The molecule has 2 rings (SSSR count). The Hall–Kier alpha value is -1.43. The number of rotatable bonds is 5. The fourth-order valence-electron chi connectivity index (χ4n) is 1.99. The molecule has 0 bridgehead atoms. The Morgan fingerprint density at radius 3 is 2.84 bits per heavy atom. The zero-order valence-electron chi connectivity index (χ0n) is 10.7. The van der Waals surface area contributed by atoms with Gasteiger partial charge in [-0.3, -0.25) is 4.79 Å². The summed E-state index contributed by atoms with van der Waals surface area (Å²) in [5.74, 6) is -0.136. The molecule has 1 aromatic carbocycles. The van der Waals surface area contributed by atoms with E-state index in [1.165, 1.54) is 6.92 Å². The fourth-order valence-corrected chi connectivity index (χ4v) is 2.98. The smallest absolute Gasteiger partial charge is 0.216 e. The van der Waals surface area contributed by atoms with E-state index in [0.717, 1.165) is 15.6 Å². The van der Waals surface area contributed by atoms with Crippen LogP contribution in [0.5, 0.6) is 0 Å². The standard InChI is InChI=1S/C14H17NO3S/c1-9(16)15-7-6-12(17)14(18)11-8-19-13-5-3-2-4-10(11)13/h2-5,8,12,14,17-18H,6-7H2,1H3,(H,15,16). The molecule has 2 aromatic rings. The molecule has 0 aliphatic rings. The van der Waals surface area contributed by atoms with Gasteiger partial charge in [0.2, 0.25) is 5.91 Å². The van der Waals surface area contributed by atoms with Crippen molar-refractivity contribution in [1.82, 2.24) is 5.32 Å². The number of fused-ring (bicyclic) bond motifs is 1. The second kappa shape index (κ2) is 6.14. The first-order valence-electron chi connectivity index (χ1n) is 6.16. The first kappa shape index (κ1) is 14.0. The summed E-state index contributed by atoms with van der Waals surface area (Å²) in [6.45, 7) is 1.78. The average molecular weight is 279 g/mol. The van der Waals surface area contributed by atoms with Crippen LogP contribution in [-0.2, 0) is 4.79 Å². The van der Waals surface area contributed by atoms with E-state index in [-0.39, 0.29) is 5.91 Å². The molecule has 3 N–H and O–H groups in total. The van der Waals surface area contributed by atoms with Gasteiger partial charge in [0.25, 0.3) is 0 Å². The third-order valence-corrected chi connectivity index (χ3v) is 3.99. The zero-order valence-corrected chi connectivity index (χ0v) is 11.5. The Morgan fingerprint density at radius 2 is 2.11 bits per heavy atom. The maximum Gasteiger partial charge on any atom is 0.216 e. The predicted molar refractivity (Wildman–Crippen MR) is 76.1 cm³/mol. The zero-order chi connectivity index (χ0) is 13.8. The molecule has 1 amide bonds. The summed E-state index contributed by atoms with van der Waals surface area (Å²) in [6, 6.07) is 7.78. The van der Waals surface area contributed by atoms with Crippen LogP contribution in [0.25, 0.3) is 10.1 Å². The number of carbonyl (C=O) groups is 1. The van der Waals surface area contributed by atoms with E-state index in [2.05, 4.69) is 5.32 Å². The van der Waals surface area contributed by atoms with Crippen LogP contribution < -0.4 is 5.32 Å². The molecule has 0 aliphatic heterocycles. The minimum atomic E-state index is -0.926. The summed E-state index contributed by atoms with van der Waals surface area (Å²) in [5, 5.41) is 25.6. The number of aliphatic hydroxyl groups excluding tert-OH is 2. The van der Waals surface area contributed by atoms with E-state index in [1.54, 1.807) is 11.3 Å². The SMILES string of the molecule is CC(=O)NCCC(O)C(O)c1csc2ccccc12. The number of hydrogen-bond donors (Lipinski definition) is 3. The normalized spacial score (nSPS) is 14.3. The third kappa shape index (κ3) is 3.32. The minimum absolute atomic E-state index is 0.136. The monoisotopic (exact) mass is 279 g/mol. The van der Waals surface area contributed by atoms with Crippen molar-refractivity contribution in [3.8, 4) is 0 Å². The van der Waals surface area contributed by atoms with Gasteiger partial charge in [-0.2, -0.15) is 0 Å². The van der Waals surface area contributed by atoms with Gasteiger partial charge in [-0.1, -0.05) is 18.2 Å². The molecule has 2 atom stereocenters. The van der Waals surface area contributed by atoms with Gasteiger partial charge in [-0.05, 0) is 23.3 Å². The van der Waals surface area contributed by atoms with Crippen molar-refractivity contribution in [2.45, 2.75) is 25.6 Å². The van der Waals surface area contributed by atoms with Crippen LogP contribution in [0.4, 0.5) is 0 Å². The van der Waals surface area contributed by atoms with E-state index in [4.69, 9.17) is 0 Å². The Morgan fingerprint density at radius 1 is 1.37 bits per heavy atom. The quantitative estimate of drug-likeness (QED) is 0.782. The molecule has 0 saturated heterocycles. The molecule has 0 fully saturated rings. The second-order valence-corrected chi connectivity index (χ2v) is 5.38. The number of benzene rings is 1. The lowest BCUT2D eigenvalue weighted by Gasteiger charge is -2.17. The molecule has 0 spiro atoms. The maximum absolute atomic E-state index is 10.7. The van der Waals surface area contributed by atoms with Gasteiger partial charge in [0.15, 0.2) is 0 Å². The summed E-state index contributed by atoms with van der Waals surface area (Å²) in [7, 11) is 0. The van der Waals surface area contributed by atoms with Gasteiger partial charge in [-0.25, -0.2) is 0 Å². The lowest BCUT2D eigenvalue weighted by molar-refractivity contribution is -0.119. The highest BCUT2D eigenvalue weighted by molar-refractivity contribution is 7.17. The van der Waals surface area contributed by atoms with Gasteiger partial charge >= 0.3 is 0 Å². The largest absolute Gasteiger partial charge is 0.390 e. The summed E-state index contributed by atoms with van der Waals surface area (Å²) in [4.78, 5) is 10.7. The van der Waals surface area contributed by atoms with Crippen molar-refractivity contribution in [3.05, 3.63) is 35.2 Å². The molecule has 0 radical (unpaired) electrons. The van der Waals surface area contributed by atoms with Crippen molar-refractivity contribution in [2.24, 2.45) is 0 Å². The van der Waals surface area contributed by atoms with Gasteiger partial charge in [0, 0.05) is 23.7 Å². The van der Waals surface area contributed by atoms with Crippen LogP contribution in [0.2, 0.25) is 0 Å². The Labute approximate surface area is 115 Å². The molecule has 102 valence electrons. The summed E-state index contributed by atoms with van der Waals surface area (Å²) < 4.78 is 1.09. The lowest BCUT2D eigenvalue weighted by Crippen LogP contribution is -2.27. The van der Waals surface area contributed by atoms with E-state index >= 15 is 0 Å². The summed E-state index contributed by atoms with van der Waals surface area (Å²) >= 11 is 1.55. The van der Waals surface area contributed by atoms with Crippen molar-refractivity contribution in [1.29, 1.82) is 0 Å². The molecule has 0 saturated carbocycles. The highest BCUT2D eigenvalue weighted by atomic mass is 32.1. The van der Waals surface area contributed by atoms with Gasteiger partial charge in [0.05, 0.1) is 6.10 Å². The first-order chi connectivity index (χ1) is 9.09. The van der Waals surface area contributed by atoms with Crippen molar-refractivity contribution in [2.75, 3.05) is 6.54 Å². The number of nitrogens with one attached hydrogen (secondary N) is 1. The van der Waals surface area contributed by atoms with E-state index < -0.39 is 12.2 Å². The van der Waals surface area contributed by atoms with E-state index in [0.29, 0.717) is 13.0 Å². The van der Waals surface area contributed by atoms with Gasteiger partial charge < -0.3 is 15.5 Å². The highest BCUT2D eigenvalue weighted by Gasteiger charge is 2.21. The Balaban J connectivity index is 2.06. The molecule has 1 heterocycles. The Kier molecular flexibility index (Phi) is 4.52. The number of hydrogen-bond acceptors (Lipinski definition) is 4. The van der Waals surface area contributed by atoms with Crippen molar-refractivity contribution >= 4 is 27.3 Å². The second-order valence-electron chi connectivity index (χ2n) is 4.47. The van der Waals surface area contributed by atoms with Crippen LogP contribution in [0, 0.1) is 0 Å². The van der Waals surface area contributed by atoms with Crippen LogP contribution in [0.15, 0.2) is 29.6 Å². The first-order valence-corrected chi connectivity index (χ1v) is 7.04. The van der Waals surface area contributed by atoms with Gasteiger partial charge in [0.1, 0.15) is 6.10 Å². The molecule has 0 aliphatic carbocycles. The van der Waals surface area contributed by atoms with Crippen LogP contribution in [0.1, 0.15) is 25.0 Å². The molecule has 2 unspecified atom stereocenters. The maximum atomic E-state index is 10.7. The number of thiophene rings is 1. The molecular formula is C14H17NO3S. The highest BCUT2D eigenvalue weighted by Crippen LogP contribution is 2.32. The lowest BCUT2D eigenvalue weighted by atomic mass is 10.0. The molecule has 1 aromatic heterocycles. The van der Waals surface area contributed by atoms with Crippen LogP contribution >= 0.6 is 11.3 Å². The topological polar surface area (TPSA) is 69.6 Å². The van der Waals surface area contributed by atoms with Crippen LogP contribution in [0.3, 0.4) is 0 Å². The minimum Gasteiger partial charge on any atom is -0.390 e. The average Bonchev–Trinajstić information content (AvgIpc) is 2.81. The van der Waals surface area contributed by atoms with Crippen molar-refractivity contribution in [3.63, 3.8) is 0 Å². The van der Waals surface area contributed by atoms with Crippen LogP contribution in [-0.4, -0.2) is 28.8 Å². The molecule has 4 nitrogen and oxygen atoms in total. The van der Waals surface area contributed by atoms with Crippen molar-refractivity contribution < 1.29 is 15.0 Å². The third-order valence-electron chi connectivity index (χ3n) is 3.01. The molecular weight excluding hydrogens is 262 g/mol. The summed E-state index contributed by atoms with van der Waals surface area (Å²) in [5.41, 5.74) is 0.746. The number of carbonyl (C=O) groups excluding carboxylic acids is 1. The molecule has 5 heteroatoms. The number of aliphatic hydroxyl groups is 2. The number of amides is 1. The Bertz CT molecular complexity index is 567. The summed E-state index contributed by atoms with van der Waals surface area (Å²) in [6.07, 6.45) is -1.49. The van der Waals surface area contributed by atoms with E-state index in [1.807, 2.05) is 29.6 Å². The fraction of sp³-hybridized carbons (Fsp3) is 0.357. The molecule has 19 heavy (non-hydrogen) atoms. The predicted octanol–water partition coefficient (Wildman–Crippen LogP) is 1.82.